The molecule has 35 heavy (non-hydrogen) atoms. The number of nitrogens with zero attached hydrogens (tertiary/aromatic N) is 4. The summed E-state index contributed by atoms with van der Waals surface area (Å²) in [5.74, 6) is 0.854. The van der Waals surface area contributed by atoms with Crippen molar-refractivity contribution in [1.82, 2.24) is 19.9 Å². The molecule has 0 saturated heterocycles. The molecule has 0 amide bonds. The molecule has 2 heterocycles. The summed E-state index contributed by atoms with van der Waals surface area (Å²) in [5, 5.41) is 3.59. The molecule has 1 fully saturated rings. The highest BCUT2D eigenvalue weighted by atomic mass is 35.5. The van der Waals surface area contributed by atoms with E-state index < -0.39 is 10.0 Å². The van der Waals surface area contributed by atoms with Crippen LogP contribution >= 0.6 is 11.6 Å². The molecule has 0 radical (unpaired) electrons. The number of anilines is 2. The first-order valence-electron chi connectivity index (χ1n) is 11.5. The van der Waals surface area contributed by atoms with Crippen LogP contribution in [0, 0.1) is 0 Å². The normalized spacial score (nSPS) is 18.6. The van der Waals surface area contributed by atoms with E-state index in [0.717, 1.165) is 24.0 Å². The van der Waals surface area contributed by atoms with Gasteiger partial charge in [0, 0.05) is 36.2 Å². The number of halogens is 1. The van der Waals surface area contributed by atoms with Gasteiger partial charge in [-0.2, -0.15) is 0 Å². The van der Waals surface area contributed by atoms with Gasteiger partial charge in [-0.05, 0) is 69.6 Å². The second-order valence-corrected chi connectivity index (χ2v) is 10.9. The van der Waals surface area contributed by atoms with Crippen LogP contribution in [0.25, 0.3) is 12.2 Å². The van der Waals surface area contributed by atoms with Gasteiger partial charge >= 0.3 is 0 Å². The summed E-state index contributed by atoms with van der Waals surface area (Å²) < 4.78 is 27.5. The monoisotopic (exact) mass is 512 g/mol. The molecular formula is C25H29ClN6O2S. The Bertz CT molecular complexity index is 1260. The molecule has 3 aromatic rings. The number of sulfonamides is 1. The van der Waals surface area contributed by atoms with Crippen LogP contribution in [-0.4, -0.2) is 54.4 Å². The average molecular weight is 513 g/mol. The Morgan fingerprint density at radius 2 is 1.57 bits per heavy atom. The minimum atomic E-state index is -3.82. The molecule has 8 nitrogen and oxygen atoms in total. The van der Waals surface area contributed by atoms with Gasteiger partial charge < -0.3 is 10.2 Å². The lowest BCUT2D eigenvalue weighted by Crippen LogP contribution is -2.36. The number of hydrogen-bond acceptors (Lipinski definition) is 7. The Balaban J connectivity index is 1.32. The summed E-state index contributed by atoms with van der Waals surface area (Å²) in [6.07, 6.45) is 13.5. The van der Waals surface area contributed by atoms with Crippen molar-refractivity contribution < 1.29 is 8.42 Å². The average Bonchev–Trinajstić information content (AvgIpc) is 2.85. The maximum atomic E-state index is 12.5. The van der Waals surface area contributed by atoms with Crippen molar-refractivity contribution in [3.8, 4) is 0 Å². The van der Waals surface area contributed by atoms with E-state index in [1.807, 2.05) is 12.2 Å². The van der Waals surface area contributed by atoms with E-state index in [1.54, 1.807) is 42.9 Å². The molecule has 0 atom stereocenters. The van der Waals surface area contributed by atoms with E-state index in [2.05, 4.69) is 44.0 Å². The lowest BCUT2D eigenvalue weighted by Gasteiger charge is -2.32. The highest BCUT2D eigenvalue weighted by Crippen LogP contribution is 2.24. The predicted molar refractivity (Wildman–Crippen MR) is 141 cm³/mol. The third-order valence-corrected chi connectivity index (χ3v) is 7.91. The van der Waals surface area contributed by atoms with Gasteiger partial charge in [0.25, 0.3) is 10.0 Å². The highest BCUT2D eigenvalue weighted by molar-refractivity contribution is 7.92. The zero-order valence-corrected chi connectivity index (χ0v) is 21.3. The van der Waals surface area contributed by atoms with E-state index in [4.69, 9.17) is 11.6 Å². The fourth-order valence-corrected chi connectivity index (χ4v) is 5.56. The van der Waals surface area contributed by atoms with E-state index in [1.165, 1.54) is 25.0 Å². The summed E-state index contributed by atoms with van der Waals surface area (Å²) in [6, 6.07) is 10.7. The van der Waals surface area contributed by atoms with Gasteiger partial charge in [-0.15, -0.1) is 0 Å². The van der Waals surface area contributed by atoms with Crippen molar-refractivity contribution in [3.05, 3.63) is 71.1 Å². The second kappa shape index (κ2) is 11.2. The van der Waals surface area contributed by atoms with E-state index >= 15 is 0 Å². The standard InChI is InChI=1S/C25H29ClN6O2S/c1-32(2)21-12-10-20(11-13-21)30-25-28-16-19(17-29-25)8-7-18-9-14-24(27-15-18)31-35(33,34)23-6-4-3-5-22(23)26/h3-9,14-17,20-21H,10-13H2,1-2H3,(H,27,31)(H,28,29,30)/b8-7+. The number of aromatic nitrogens is 3. The molecule has 1 aliphatic carbocycles. The third kappa shape index (κ3) is 6.78. The highest BCUT2D eigenvalue weighted by Gasteiger charge is 2.22. The molecule has 2 aromatic heterocycles. The van der Waals surface area contributed by atoms with Crippen molar-refractivity contribution in [2.24, 2.45) is 0 Å². The Labute approximate surface area is 211 Å². The number of pyridine rings is 1. The van der Waals surface area contributed by atoms with Crippen LogP contribution in [0.5, 0.6) is 0 Å². The summed E-state index contributed by atoms with van der Waals surface area (Å²) in [6.45, 7) is 0. The Hall–Kier alpha value is -3.01. The van der Waals surface area contributed by atoms with Gasteiger partial charge in [0.1, 0.15) is 10.7 Å². The summed E-state index contributed by atoms with van der Waals surface area (Å²) in [7, 11) is 0.461. The van der Waals surface area contributed by atoms with Crippen molar-refractivity contribution >= 4 is 45.5 Å². The molecule has 0 spiro atoms. The fraction of sp³-hybridized carbons (Fsp3) is 0.320. The van der Waals surface area contributed by atoms with Crippen LogP contribution in [-0.2, 0) is 10.0 Å². The summed E-state index contributed by atoms with van der Waals surface area (Å²) in [4.78, 5) is 15.4. The minimum Gasteiger partial charge on any atom is -0.351 e. The lowest BCUT2D eigenvalue weighted by atomic mass is 9.91. The first kappa shape index (κ1) is 25.1. The summed E-state index contributed by atoms with van der Waals surface area (Å²) in [5.41, 5.74) is 1.67. The largest absolute Gasteiger partial charge is 0.351 e. The van der Waals surface area contributed by atoms with Crippen molar-refractivity contribution in [2.75, 3.05) is 24.1 Å². The lowest BCUT2D eigenvalue weighted by molar-refractivity contribution is 0.221. The predicted octanol–water partition coefficient (Wildman–Crippen LogP) is 4.78. The quantitative estimate of drug-likeness (QED) is 0.448. The number of hydrogen-bond donors (Lipinski definition) is 2. The van der Waals surface area contributed by atoms with Crippen LogP contribution in [0.3, 0.4) is 0 Å². The SMILES string of the molecule is CN(C)C1CCC(Nc2ncc(/C=C/c3ccc(NS(=O)(=O)c4ccccc4Cl)nc3)cn2)CC1. The Kier molecular flexibility index (Phi) is 8.00. The van der Waals surface area contributed by atoms with E-state index in [9.17, 15) is 8.42 Å². The smallest absolute Gasteiger partial charge is 0.264 e. The van der Waals surface area contributed by atoms with Crippen molar-refractivity contribution in [2.45, 2.75) is 42.7 Å². The number of nitrogens with one attached hydrogen (secondary N) is 2. The molecule has 1 saturated carbocycles. The topological polar surface area (TPSA) is 100 Å². The van der Waals surface area contributed by atoms with E-state index in [-0.39, 0.29) is 15.7 Å². The molecule has 4 rings (SSSR count). The third-order valence-electron chi connectivity index (χ3n) is 6.05. The second-order valence-electron chi connectivity index (χ2n) is 8.80. The molecule has 2 N–H and O–H groups in total. The van der Waals surface area contributed by atoms with Crippen molar-refractivity contribution in [1.29, 1.82) is 0 Å². The van der Waals surface area contributed by atoms with Gasteiger partial charge in [0.2, 0.25) is 5.95 Å². The molecule has 1 aromatic carbocycles. The van der Waals surface area contributed by atoms with Crippen LogP contribution in [0.2, 0.25) is 5.02 Å². The van der Waals surface area contributed by atoms with Crippen LogP contribution < -0.4 is 10.0 Å². The minimum absolute atomic E-state index is 0.00613. The molecule has 1 aliphatic rings. The first-order valence-corrected chi connectivity index (χ1v) is 13.3. The van der Waals surface area contributed by atoms with Crippen LogP contribution in [0.4, 0.5) is 11.8 Å². The Morgan fingerprint density at radius 3 is 2.20 bits per heavy atom. The summed E-state index contributed by atoms with van der Waals surface area (Å²) >= 11 is 6.01. The molecule has 0 unspecified atom stereocenters. The maximum Gasteiger partial charge on any atom is 0.264 e. The Morgan fingerprint density at radius 1 is 0.914 bits per heavy atom. The van der Waals surface area contributed by atoms with Gasteiger partial charge in [0.15, 0.2) is 0 Å². The zero-order chi connectivity index (χ0) is 24.8. The molecular weight excluding hydrogens is 484 g/mol. The van der Waals surface area contributed by atoms with Crippen LogP contribution in [0.15, 0.2) is 59.9 Å². The maximum absolute atomic E-state index is 12.5. The number of rotatable bonds is 8. The first-order chi connectivity index (χ1) is 16.8. The number of benzene rings is 1. The molecule has 184 valence electrons. The molecule has 10 heteroatoms. The van der Waals surface area contributed by atoms with E-state index in [0.29, 0.717) is 18.0 Å². The van der Waals surface area contributed by atoms with Gasteiger partial charge in [-0.1, -0.05) is 35.9 Å². The van der Waals surface area contributed by atoms with Crippen LogP contribution in [0.1, 0.15) is 36.8 Å². The van der Waals surface area contributed by atoms with Gasteiger partial charge in [0.05, 0.1) is 5.02 Å². The molecule has 0 aliphatic heterocycles. The molecule has 0 bridgehead atoms. The zero-order valence-electron chi connectivity index (χ0n) is 19.7. The van der Waals surface area contributed by atoms with Crippen molar-refractivity contribution in [3.63, 3.8) is 0 Å². The fourth-order valence-electron chi connectivity index (χ4n) is 4.03. The van der Waals surface area contributed by atoms with Gasteiger partial charge in [-0.3, -0.25) is 4.72 Å². The van der Waals surface area contributed by atoms with Gasteiger partial charge in [-0.25, -0.2) is 23.4 Å².